The minimum atomic E-state index is -0.917. The molecule has 3 rings (SSSR count). The molecule has 0 aliphatic carbocycles. The van der Waals surface area contributed by atoms with E-state index in [0.29, 0.717) is 12.1 Å². The number of nitrogens with one attached hydrogen (secondary N) is 2. The highest BCUT2D eigenvalue weighted by atomic mass is 19.2. The summed E-state index contributed by atoms with van der Waals surface area (Å²) in [5.74, 6) is -1.81. The van der Waals surface area contributed by atoms with Crippen LogP contribution in [0.4, 0.5) is 13.6 Å². The lowest BCUT2D eigenvalue weighted by molar-refractivity contribution is 0.219. The highest BCUT2D eigenvalue weighted by Crippen LogP contribution is 2.24. The van der Waals surface area contributed by atoms with Crippen LogP contribution in [-0.4, -0.2) is 30.6 Å². The van der Waals surface area contributed by atoms with Gasteiger partial charge in [-0.2, -0.15) is 0 Å². The first-order chi connectivity index (χ1) is 13.0. The number of rotatable bonds is 6. The molecule has 2 aromatic carbocycles. The molecule has 2 N–H and O–H groups in total. The van der Waals surface area contributed by atoms with Crippen LogP contribution >= 0.6 is 0 Å². The van der Waals surface area contributed by atoms with Crippen molar-refractivity contribution in [3.8, 4) is 0 Å². The first-order valence-corrected chi connectivity index (χ1v) is 9.33. The van der Waals surface area contributed by atoms with Crippen molar-refractivity contribution in [2.75, 3.05) is 19.6 Å². The molecule has 2 amide bonds. The lowest BCUT2D eigenvalue weighted by atomic mass is 10.1. The summed E-state index contributed by atoms with van der Waals surface area (Å²) >= 11 is 0. The Morgan fingerprint density at radius 1 is 1.04 bits per heavy atom. The Balaban J connectivity index is 1.59. The Bertz CT molecular complexity index is 763. The van der Waals surface area contributed by atoms with Gasteiger partial charge in [-0.1, -0.05) is 36.4 Å². The van der Waals surface area contributed by atoms with E-state index in [-0.39, 0.29) is 12.1 Å². The lowest BCUT2D eigenvalue weighted by Gasteiger charge is -2.28. The van der Waals surface area contributed by atoms with E-state index in [1.54, 1.807) is 6.92 Å². The van der Waals surface area contributed by atoms with E-state index in [0.717, 1.165) is 25.2 Å². The van der Waals surface area contributed by atoms with Gasteiger partial charge in [0.15, 0.2) is 11.6 Å². The van der Waals surface area contributed by atoms with E-state index >= 15 is 0 Å². The third-order valence-electron chi connectivity index (χ3n) is 5.01. The quantitative estimate of drug-likeness (QED) is 0.799. The summed E-state index contributed by atoms with van der Waals surface area (Å²) in [4.78, 5) is 14.7. The molecule has 144 valence electrons. The number of hydrogen-bond donors (Lipinski definition) is 2. The molecule has 1 aliphatic heterocycles. The second kappa shape index (κ2) is 8.95. The van der Waals surface area contributed by atoms with E-state index in [1.165, 1.54) is 24.5 Å². The van der Waals surface area contributed by atoms with E-state index in [9.17, 15) is 13.6 Å². The van der Waals surface area contributed by atoms with Crippen LogP contribution in [0.15, 0.2) is 48.5 Å². The molecule has 1 fully saturated rings. The maximum atomic E-state index is 13.4. The topological polar surface area (TPSA) is 44.4 Å². The fourth-order valence-corrected chi connectivity index (χ4v) is 3.49. The molecule has 0 saturated carbocycles. The minimum Gasteiger partial charge on any atom is -0.336 e. The third-order valence-corrected chi connectivity index (χ3v) is 5.01. The van der Waals surface area contributed by atoms with Gasteiger partial charge in [0.05, 0.1) is 12.1 Å². The largest absolute Gasteiger partial charge is 0.336 e. The summed E-state index contributed by atoms with van der Waals surface area (Å²) in [6, 6.07) is 13.2. The molecule has 2 unspecified atom stereocenters. The van der Waals surface area contributed by atoms with Crippen LogP contribution in [0, 0.1) is 11.6 Å². The van der Waals surface area contributed by atoms with Crippen molar-refractivity contribution in [3.63, 3.8) is 0 Å². The van der Waals surface area contributed by atoms with Gasteiger partial charge in [0.2, 0.25) is 0 Å². The first kappa shape index (κ1) is 19.3. The van der Waals surface area contributed by atoms with Crippen molar-refractivity contribution in [3.05, 3.63) is 71.3 Å². The molecule has 6 heteroatoms. The van der Waals surface area contributed by atoms with Crippen molar-refractivity contribution in [1.82, 2.24) is 15.5 Å². The highest BCUT2D eigenvalue weighted by Gasteiger charge is 2.24. The number of carbonyl (C=O) groups excluding carboxylic acids is 1. The summed E-state index contributed by atoms with van der Waals surface area (Å²) in [5.41, 5.74) is 1.69. The van der Waals surface area contributed by atoms with Crippen LogP contribution in [-0.2, 0) is 0 Å². The summed E-state index contributed by atoms with van der Waals surface area (Å²) in [5, 5.41) is 5.71. The number of likely N-dealkylation sites (tertiary alicyclic amines) is 1. The van der Waals surface area contributed by atoms with Gasteiger partial charge in [-0.3, -0.25) is 4.90 Å². The Morgan fingerprint density at radius 2 is 1.74 bits per heavy atom. The number of nitrogens with zero attached hydrogens (tertiary/aromatic N) is 1. The van der Waals surface area contributed by atoms with Gasteiger partial charge in [0.25, 0.3) is 0 Å². The summed E-state index contributed by atoms with van der Waals surface area (Å²) in [6.07, 6.45) is 2.34. The number of benzene rings is 2. The number of urea groups is 1. The van der Waals surface area contributed by atoms with Gasteiger partial charge in [0.1, 0.15) is 0 Å². The van der Waals surface area contributed by atoms with Gasteiger partial charge < -0.3 is 10.6 Å². The molecule has 2 aromatic rings. The van der Waals surface area contributed by atoms with E-state index in [1.807, 2.05) is 18.2 Å². The Morgan fingerprint density at radius 3 is 2.41 bits per heavy atom. The van der Waals surface area contributed by atoms with Gasteiger partial charge in [-0.05, 0) is 56.1 Å². The Kier molecular flexibility index (Phi) is 6.40. The molecular formula is C21H25F2N3O. The SMILES string of the molecule is CC(NC(=O)NCC(c1ccccc1)N1CCCC1)c1ccc(F)c(F)c1. The monoisotopic (exact) mass is 373 g/mol. The molecule has 1 saturated heterocycles. The molecule has 1 heterocycles. The molecule has 0 bridgehead atoms. The fraction of sp³-hybridized carbons (Fsp3) is 0.381. The van der Waals surface area contributed by atoms with Crippen LogP contribution in [0.1, 0.15) is 43.0 Å². The minimum absolute atomic E-state index is 0.123. The van der Waals surface area contributed by atoms with E-state index in [4.69, 9.17) is 0 Å². The average Bonchev–Trinajstić information content (AvgIpc) is 3.19. The second-order valence-corrected chi connectivity index (χ2v) is 6.92. The van der Waals surface area contributed by atoms with Gasteiger partial charge in [-0.15, -0.1) is 0 Å². The summed E-state index contributed by atoms with van der Waals surface area (Å²) < 4.78 is 26.4. The molecule has 0 spiro atoms. The number of amides is 2. The first-order valence-electron chi connectivity index (χ1n) is 9.33. The van der Waals surface area contributed by atoms with Gasteiger partial charge in [0, 0.05) is 6.54 Å². The van der Waals surface area contributed by atoms with Gasteiger partial charge >= 0.3 is 6.03 Å². The van der Waals surface area contributed by atoms with Crippen molar-refractivity contribution in [2.45, 2.75) is 31.8 Å². The third kappa shape index (κ3) is 5.04. The molecule has 0 aromatic heterocycles. The lowest BCUT2D eigenvalue weighted by Crippen LogP contribution is -2.42. The zero-order chi connectivity index (χ0) is 19.2. The Hall–Kier alpha value is -2.47. The van der Waals surface area contributed by atoms with Crippen LogP contribution in [0.2, 0.25) is 0 Å². The van der Waals surface area contributed by atoms with Crippen molar-refractivity contribution in [1.29, 1.82) is 0 Å². The molecule has 27 heavy (non-hydrogen) atoms. The number of hydrogen-bond acceptors (Lipinski definition) is 2. The molecule has 1 aliphatic rings. The number of carbonyl (C=O) groups is 1. The normalized spacial score (nSPS) is 16.7. The maximum absolute atomic E-state index is 13.4. The maximum Gasteiger partial charge on any atom is 0.315 e. The predicted molar refractivity (Wildman–Crippen MR) is 101 cm³/mol. The van der Waals surface area contributed by atoms with Crippen LogP contribution < -0.4 is 10.6 Å². The van der Waals surface area contributed by atoms with E-state index < -0.39 is 17.7 Å². The fourth-order valence-electron chi connectivity index (χ4n) is 3.49. The van der Waals surface area contributed by atoms with Crippen LogP contribution in [0.25, 0.3) is 0 Å². The predicted octanol–water partition coefficient (Wildman–Crippen LogP) is 4.16. The highest BCUT2D eigenvalue weighted by molar-refractivity contribution is 5.74. The van der Waals surface area contributed by atoms with Crippen molar-refractivity contribution in [2.24, 2.45) is 0 Å². The molecule has 2 atom stereocenters. The van der Waals surface area contributed by atoms with Crippen molar-refractivity contribution < 1.29 is 13.6 Å². The Labute approximate surface area is 158 Å². The van der Waals surface area contributed by atoms with Gasteiger partial charge in [-0.25, -0.2) is 13.6 Å². The standard InChI is InChI=1S/C21H25F2N3O/c1-15(17-9-10-18(22)19(23)13-17)25-21(27)24-14-20(26-11-5-6-12-26)16-7-3-2-4-8-16/h2-4,7-10,13,15,20H,5-6,11-12,14H2,1H3,(H2,24,25,27). The molecule has 4 nitrogen and oxygen atoms in total. The smallest absolute Gasteiger partial charge is 0.315 e. The van der Waals surface area contributed by atoms with E-state index in [2.05, 4.69) is 27.7 Å². The molecule has 0 radical (unpaired) electrons. The zero-order valence-electron chi connectivity index (χ0n) is 15.4. The zero-order valence-corrected chi connectivity index (χ0v) is 15.4. The summed E-state index contributed by atoms with van der Waals surface area (Å²) in [7, 11) is 0. The van der Waals surface area contributed by atoms with Crippen molar-refractivity contribution >= 4 is 6.03 Å². The average molecular weight is 373 g/mol. The second-order valence-electron chi connectivity index (χ2n) is 6.92. The number of halogens is 2. The molecular weight excluding hydrogens is 348 g/mol. The van der Waals surface area contributed by atoms with Crippen LogP contribution in [0.3, 0.4) is 0 Å². The summed E-state index contributed by atoms with van der Waals surface area (Å²) in [6.45, 7) is 4.27. The van der Waals surface area contributed by atoms with Crippen LogP contribution in [0.5, 0.6) is 0 Å².